The first kappa shape index (κ1) is 15.1. The van der Waals surface area contributed by atoms with Crippen LogP contribution in [0.25, 0.3) is 0 Å². The second kappa shape index (κ2) is 6.15. The van der Waals surface area contributed by atoms with Crippen molar-refractivity contribution >= 4 is 15.9 Å². The Hall–Kier alpha value is -0.780. The van der Waals surface area contributed by atoms with Gasteiger partial charge in [0.05, 0.1) is 4.47 Å². The Bertz CT molecular complexity index is 519. The molecule has 1 heterocycles. The molecule has 116 valence electrons. The average Bonchev–Trinajstić information content (AvgIpc) is 3.32. The number of nitrogens with two attached hydrogens (primary N) is 1. The van der Waals surface area contributed by atoms with E-state index in [-0.39, 0.29) is 6.04 Å². The zero-order chi connectivity index (χ0) is 15.0. The van der Waals surface area contributed by atoms with Gasteiger partial charge in [0.25, 0.3) is 0 Å². The van der Waals surface area contributed by atoms with Crippen molar-refractivity contribution in [3.63, 3.8) is 0 Å². The second-order valence-electron chi connectivity index (χ2n) is 6.02. The fraction of sp³-hybridized carbons (Fsp3) is 0.625. The molecule has 2 atom stereocenters. The molecule has 4 nitrogen and oxygen atoms in total. The van der Waals surface area contributed by atoms with Crippen molar-refractivity contribution in [3.8, 4) is 11.5 Å². The minimum atomic E-state index is 0.202. The summed E-state index contributed by atoms with van der Waals surface area (Å²) in [5.74, 6) is 2.44. The van der Waals surface area contributed by atoms with Crippen LogP contribution in [0.15, 0.2) is 16.6 Å². The Morgan fingerprint density at radius 3 is 2.71 bits per heavy atom. The second-order valence-corrected chi connectivity index (χ2v) is 6.88. The number of benzene rings is 1. The normalized spacial score (nSPS) is 20.4. The summed E-state index contributed by atoms with van der Waals surface area (Å²) < 4.78 is 12.3. The lowest BCUT2D eigenvalue weighted by Gasteiger charge is -2.33. The summed E-state index contributed by atoms with van der Waals surface area (Å²) in [6.45, 7) is 4.10. The molecule has 1 aromatic carbocycles. The lowest BCUT2D eigenvalue weighted by molar-refractivity contribution is 0.162. The van der Waals surface area contributed by atoms with E-state index in [1.54, 1.807) is 0 Å². The van der Waals surface area contributed by atoms with Crippen LogP contribution < -0.4 is 15.2 Å². The maximum absolute atomic E-state index is 6.06. The molecule has 0 aromatic heterocycles. The molecule has 2 N–H and O–H groups in total. The first-order valence-electron chi connectivity index (χ1n) is 7.63. The Balaban J connectivity index is 1.87. The molecule has 1 fully saturated rings. The van der Waals surface area contributed by atoms with E-state index < -0.39 is 0 Å². The highest BCUT2D eigenvalue weighted by molar-refractivity contribution is 9.10. The number of halogens is 1. The lowest BCUT2D eigenvalue weighted by atomic mass is 10.0. The van der Waals surface area contributed by atoms with Gasteiger partial charge in [-0.1, -0.05) is 0 Å². The summed E-state index contributed by atoms with van der Waals surface area (Å²) >= 11 is 3.59. The lowest BCUT2D eigenvalue weighted by Crippen LogP contribution is -2.38. The summed E-state index contributed by atoms with van der Waals surface area (Å²) in [5, 5.41) is 0. The number of likely N-dealkylation sites (N-methyl/N-ethyl adjacent to an activating group) is 1. The molecular formula is C16H23BrN2O2. The molecular weight excluding hydrogens is 332 g/mol. The summed E-state index contributed by atoms with van der Waals surface area (Å²) in [7, 11) is 2.17. The Labute approximate surface area is 134 Å². The van der Waals surface area contributed by atoms with Crippen molar-refractivity contribution in [2.45, 2.75) is 31.8 Å². The monoisotopic (exact) mass is 354 g/mol. The third kappa shape index (κ3) is 3.05. The topological polar surface area (TPSA) is 47.7 Å². The highest BCUT2D eigenvalue weighted by Crippen LogP contribution is 2.42. The molecule has 21 heavy (non-hydrogen) atoms. The van der Waals surface area contributed by atoms with E-state index in [0.29, 0.717) is 25.8 Å². The van der Waals surface area contributed by atoms with E-state index in [1.807, 2.05) is 0 Å². The minimum absolute atomic E-state index is 0.202. The van der Waals surface area contributed by atoms with Crippen molar-refractivity contribution in [1.82, 2.24) is 4.90 Å². The van der Waals surface area contributed by atoms with Crippen LogP contribution in [0.5, 0.6) is 11.5 Å². The fourth-order valence-corrected chi connectivity index (χ4v) is 3.63. The summed E-state index contributed by atoms with van der Waals surface area (Å²) in [6, 6.07) is 4.95. The van der Waals surface area contributed by atoms with Crippen LogP contribution in [0, 0.1) is 5.92 Å². The molecule has 0 spiro atoms. The summed E-state index contributed by atoms with van der Waals surface area (Å²) in [6.07, 6.45) is 2.68. The standard InChI is InChI=1S/C16H23BrN2O2/c1-10(11-3-4-11)19(2)14(9-18)12-7-13(17)16-15(8-12)20-5-6-21-16/h7-8,10-11,14H,3-6,9,18H2,1-2H3. The predicted molar refractivity (Wildman–Crippen MR) is 86.9 cm³/mol. The zero-order valence-corrected chi connectivity index (χ0v) is 14.2. The van der Waals surface area contributed by atoms with Crippen molar-refractivity contribution in [2.24, 2.45) is 11.7 Å². The number of nitrogens with zero attached hydrogens (tertiary/aromatic N) is 1. The molecule has 0 amide bonds. The summed E-state index contributed by atoms with van der Waals surface area (Å²) in [5.41, 5.74) is 7.25. The molecule has 0 saturated heterocycles. The molecule has 2 aliphatic rings. The smallest absolute Gasteiger partial charge is 0.175 e. The predicted octanol–water partition coefficient (Wildman–Crippen LogP) is 2.95. The largest absolute Gasteiger partial charge is 0.486 e. The fourth-order valence-electron chi connectivity index (χ4n) is 3.06. The number of hydrogen-bond acceptors (Lipinski definition) is 4. The molecule has 0 radical (unpaired) electrons. The maximum Gasteiger partial charge on any atom is 0.175 e. The van der Waals surface area contributed by atoms with Gasteiger partial charge < -0.3 is 15.2 Å². The van der Waals surface area contributed by atoms with Gasteiger partial charge in [-0.05, 0) is 66.4 Å². The molecule has 3 rings (SSSR count). The van der Waals surface area contributed by atoms with Gasteiger partial charge in [-0.3, -0.25) is 4.90 Å². The molecule has 1 aliphatic carbocycles. The summed E-state index contributed by atoms with van der Waals surface area (Å²) in [4.78, 5) is 2.40. The van der Waals surface area contributed by atoms with Gasteiger partial charge in [0.1, 0.15) is 13.2 Å². The van der Waals surface area contributed by atoms with Crippen LogP contribution in [0.1, 0.15) is 31.4 Å². The van der Waals surface area contributed by atoms with Gasteiger partial charge in [-0.25, -0.2) is 0 Å². The zero-order valence-electron chi connectivity index (χ0n) is 12.6. The molecule has 5 heteroatoms. The average molecular weight is 355 g/mol. The van der Waals surface area contributed by atoms with Crippen molar-refractivity contribution in [1.29, 1.82) is 0 Å². The Morgan fingerprint density at radius 2 is 2.05 bits per heavy atom. The van der Waals surface area contributed by atoms with Crippen LogP contribution in [0.4, 0.5) is 0 Å². The number of hydrogen-bond donors (Lipinski definition) is 1. The highest BCUT2D eigenvalue weighted by Gasteiger charge is 2.33. The highest BCUT2D eigenvalue weighted by atomic mass is 79.9. The Morgan fingerprint density at radius 1 is 1.33 bits per heavy atom. The van der Waals surface area contributed by atoms with Crippen LogP contribution in [-0.4, -0.2) is 37.7 Å². The van der Waals surface area contributed by atoms with Gasteiger partial charge in [0.2, 0.25) is 0 Å². The van der Waals surface area contributed by atoms with E-state index in [1.165, 1.54) is 18.4 Å². The number of ether oxygens (including phenoxy) is 2. The molecule has 2 unspecified atom stereocenters. The van der Waals surface area contributed by atoms with Gasteiger partial charge in [0.15, 0.2) is 11.5 Å². The van der Waals surface area contributed by atoms with E-state index in [2.05, 4.69) is 46.9 Å². The Kier molecular flexibility index (Phi) is 4.43. The van der Waals surface area contributed by atoms with Gasteiger partial charge in [-0.2, -0.15) is 0 Å². The van der Waals surface area contributed by atoms with Gasteiger partial charge >= 0.3 is 0 Å². The first-order valence-corrected chi connectivity index (χ1v) is 8.42. The SMILES string of the molecule is CC(C1CC1)N(C)C(CN)c1cc(Br)c2c(c1)OCCO2. The van der Waals surface area contributed by atoms with Gasteiger partial charge in [-0.15, -0.1) is 0 Å². The number of fused-ring (bicyclic) bond motifs is 1. The maximum atomic E-state index is 6.06. The third-order valence-corrected chi connectivity index (χ3v) is 5.25. The van der Waals surface area contributed by atoms with Gasteiger partial charge in [0, 0.05) is 18.6 Å². The van der Waals surface area contributed by atoms with Crippen molar-refractivity contribution in [3.05, 3.63) is 22.2 Å². The molecule has 1 saturated carbocycles. The first-order chi connectivity index (χ1) is 10.1. The van der Waals surface area contributed by atoms with E-state index >= 15 is 0 Å². The molecule has 1 aromatic rings. The quantitative estimate of drug-likeness (QED) is 0.882. The van der Waals surface area contributed by atoms with E-state index in [9.17, 15) is 0 Å². The number of rotatable bonds is 5. The third-order valence-electron chi connectivity index (χ3n) is 4.67. The van der Waals surface area contributed by atoms with Crippen molar-refractivity contribution < 1.29 is 9.47 Å². The van der Waals surface area contributed by atoms with Crippen molar-refractivity contribution in [2.75, 3.05) is 26.8 Å². The molecule has 0 bridgehead atoms. The minimum Gasteiger partial charge on any atom is -0.486 e. The van der Waals surface area contributed by atoms with Crippen LogP contribution in [0.2, 0.25) is 0 Å². The molecule has 1 aliphatic heterocycles. The van der Waals surface area contributed by atoms with E-state index in [4.69, 9.17) is 15.2 Å². The van der Waals surface area contributed by atoms with Crippen LogP contribution >= 0.6 is 15.9 Å². The van der Waals surface area contributed by atoms with Crippen LogP contribution in [-0.2, 0) is 0 Å². The van der Waals surface area contributed by atoms with E-state index in [0.717, 1.165) is 21.9 Å². The van der Waals surface area contributed by atoms with Crippen LogP contribution in [0.3, 0.4) is 0 Å².